The van der Waals surface area contributed by atoms with Crippen molar-refractivity contribution >= 4 is 11.6 Å². The van der Waals surface area contributed by atoms with E-state index in [2.05, 4.69) is 16.2 Å². The van der Waals surface area contributed by atoms with Crippen molar-refractivity contribution in [3.8, 4) is 17.2 Å². The predicted octanol–water partition coefficient (Wildman–Crippen LogP) is 4.30. The molecule has 2 heterocycles. The number of ether oxygens (including phenoxy) is 1. The Morgan fingerprint density at radius 2 is 1.84 bits per heavy atom. The van der Waals surface area contributed by atoms with E-state index in [1.807, 2.05) is 62.4 Å². The van der Waals surface area contributed by atoms with Crippen molar-refractivity contribution in [2.75, 3.05) is 6.61 Å². The van der Waals surface area contributed by atoms with Gasteiger partial charge in [-0.15, -0.1) is 5.10 Å². The zero-order valence-corrected chi connectivity index (χ0v) is 18.3. The standard InChI is InChI=1S/C25H23N5O2/c1-4-22-21(24-28-23(25(31)32-5-2)29-30(24)16(3)27-22)14-17-10-12-18(13-11-17)20-9-7-6-8-19(20)15-26/h6-13H,4-5,14H2,1-3H3. The van der Waals surface area contributed by atoms with Gasteiger partial charge in [-0.3, -0.25) is 0 Å². The Morgan fingerprint density at radius 3 is 2.53 bits per heavy atom. The van der Waals surface area contributed by atoms with E-state index in [-0.39, 0.29) is 12.4 Å². The van der Waals surface area contributed by atoms with Gasteiger partial charge in [0.05, 0.1) is 18.2 Å². The van der Waals surface area contributed by atoms with Crippen molar-refractivity contribution in [2.45, 2.75) is 33.6 Å². The topological polar surface area (TPSA) is 93.2 Å². The van der Waals surface area contributed by atoms with Crippen molar-refractivity contribution < 1.29 is 9.53 Å². The van der Waals surface area contributed by atoms with E-state index >= 15 is 0 Å². The average Bonchev–Trinajstić information content (AvgIpc) is 3.28. The van der Waals surface area contributed by atoms with Crippen molar-refractivity contribution in [3.63, 3.8) is 0 Å². The predicted molar refractivity (Wildman–Crippen MR) is 120 cm³/mol. The first-order valence-electron chi connectivity index (χ1n) is 10.6. The summed E-state index contributed by atoms with van der Waals surface area (Å²) in [6.07, 6.45) is 1.34. The maximum Gasteiger partial charge on any atom is 0.378 e. The fraction of sp³-hybridized carbons (Fsp3) is 0.240. The molecule has 2 aromatic carbocycles. The molecule has 4 aromatic rings. The molecule has 7 nitrogen and oxygen atoms in total. The highest BCUT2D eigenvalue weighted by Gasteiger charge is 2.20. The summed E-state index contributed by atoms with van der Waals surface area (Å²) in [6.45, 7) is 5.91. The maximum absolute atomic E-state index is 12.2. The van der Waals surface area contributed by atoms with E-state index in [4.69, 9.17) is 9.72 Å². The molecule has 0 N–H and O–H groups in total. The number of carbonyl (C=O) groups excluding carboxylic acids is 1. The Hall–Kier alpha value is -4.05. The van der Waals surface area contributed by atoms with Gasteiger partial charge in [0.1, 0.15) is 5.82 Å². The monoisotopic (exact) mass is 425 g/mol. The molecule has 32 heavy (non-hydrogen) atoms. The molecular weight excluding hydrogens is 402 g/mol. The number of nitrogens with zero attached hydrogens (tertiary/aromatic N) is 5. The summed E-state index contributed by atoms with van der Waals surface area (Å²) in [4.78, 5) is 21.4. The van der Waals surface area contributed by atoms with E-state index in [1.165, 1.54) is 0 Å². The molecule has 0 amide bonds. The number of carbonyl (C=O) groups is 1. The molecule has 0 unspecified atom stereocenters. The van der Waals surface area contributed by atoms with Crippen LogP contribution in [-0.2, 0) is 17.6 Å². The van der Waals surface area contributed by atoms with Gasteiger partial charge in [0.2, 0.25) is 0 Å². The molecule has 0 saturated carbocycles. The largest absolute Gasteiger partial charge is 0.460 e. The van der Waals surface area contributed by atoms with Gasteiger partial charge in [0.15, 0.2) is 5.65 Å². The molecule has 0 aliphatic rings. The molecular formula is C25H23N5O2. The highest BCUT2D eigenvalue weighted by molar-refractivity contribution is 5.86. The Bertz CT molecular complexity index is 1330. The van der Waals surface area contributed by atoms with Crippen molar-refractivity contribution in [1.29, 1.82) is 5.26 Å². The quantitative estimate of drug-likeness (QED) is 0.428. The summed E-state index contributed by atoms with van der Waals surface area (Å²) in [7, 11) is 0. The van der Waals surface area contributed by atoms with Gasteiger partial charge in [-0.05, 0) is 43.0 Å². The normalized spacial score (nSPS) is 10.8. The summed E-state index contributed by atoms with van der Waals surface area (Å²) in [5.41, 5.74) is 6.10. The minimum atomic E-state index is -0.542. The lowest BCUT2D eigenvalue weighted by molar-refractivity contribution is 0.0512. The number of aromatic nitrogens is 4. The zero-order valence-electron chi connectivity index (χ0n) is 18.3. The second-order valence-corrected chi connectivity index (χ2v) is 7.36. The maximum atomic E-state index is 12.2. The smallest absolute Gasteiger partial charge is 0.378 e. The van der Waals surface area contributed by atoms with Crippen LogP contribution in [0.15, 0.2) is 48.5 Å². The minimum absolute atomic E-state index is 0.0368. The SMILES string of the molecule is CCOC(=O)c1nc2c(Cc3ccc(-c4ccccc4C#N)cc3)c(CC)nc(C)n2n1. The molecule has 0 bridgehead atoms. The Labute approximate surface area is 186 Å². The summed E-state index contributed by atoms with van der Waals surface area (Å²) in [6, 6.07) is 17.9. The van der Waals surface area contributed by atoms with E-state index in [1.54, 1.807) is 11.4 Å². The average molecular weight is 425 g/mol. The number of nitriles is 1. The number of hydrogen-bond donors (Lipinski definition) is 0. The molecule has 2 aromatic heterocycles. The molecule has 0 aliphatic carbocycles. The van der Waals surface area contributed by atoms with Crippen LogP contribution in [0.25, 0.3) is 16.8 Å². The highest BCUT2D eigenvalue weighted by atomic mass is 16.5. The van der Waals surface area contributed by atoms with Crippen LogP contribution < -0.4 is 0 Å². The number of benzene rings is 2. The van der Waals surface area contributed by atoms with Crippen molar-refractivity contribution in [2.24, 2.45) is 0 Å². The number of esters is 1. The Morgan fingerprint density at radius 1 is 1.09 bits per heavy atom. The lowest BCUT2D eigenvalue weighted by Gasteiger charge is -2.11. The van der Waals surface area contributed by atoms with Gasteiger partial charge in [0, 0.05) is 17.7 Å². The molecule has 4 rings (SSSR count). The Kier molecular flexibility index (Phi) is 5.95. The number of hydrogen-bond acceptors (Lipinski definition) is 6. The van der Waals surface area contributed by atoms with Crippen molar-refractivity contribution in [3.05, 3.63) is 82.6 Å². The zero-order chi connectivity index (χ0) is 22.7. The summed E-state index contributed by atoms with van der Waals surface area (Å²) < 4.78 is 6.67. The third-order valence-corrected chi connectivity index (χ3v) is 5.31. The fourth-order valence-electron chi connectivity index (χ4n) is 3.77. The van der Waals surface area contributed by atoms with Gasteiger partial charge >= 0.3 is 5.97 Å². The second kappa shape index (κ2) is 8.98. The van der Waals surface area contributed by atoms with Crippen LogP contribution in [0.4, 0.5) is 0 Å². The van der Waals surface area contributed by atoms with E-state index in [0.717, 1.165) is 34.4 Å². The number of aryl methyl sites for hydroxylation is 2. The summed E-state index contributed by atoms with van der Waals surface area (Å²) in [5, 5.41) is 13.7. The highest BCUT2D eigenvalue weighted by Crippen LogP contribution is 2.25. The molecule has 0 spiro atoms. The summed E-state index contributed by atoms with van der Waals surface area (Å²) >= 11 is 0. The van der Waals surface area contributed by atoms with Gasteiger partial charge < -0.3 is 4.74 Å². The van der Waals surface area contributed by atoms with Crippen LogP contribution in [0, 0.1) is 18.3 Å². The van der Waals surface area contributed by atoms with E-state index in [0.29, 0.717) is 23.5 Å². The molecule has 0 radical (unpaired) electrons. The van der Waals surface area contributed by atoms with Crippen LogP contribution in [0.3, 0.4) is 0 Å². The molecule has 7 heteroatoms. The Balaban J connectivity index is 1.73. The third kappa shape index (κ3) is 3.95. The molecule has 0 saturated heterocycles. The number of rotatable bonds is 6. The van der Waals surface area contributed by atoms with Gasteiger partial charge in [-0.1, -0.05) is 49.4 Å². The summed E-state index contributed by atoms with van der Waals surface area (Å²) in [5.74, 6) is 0.168. The molecule has 0 fully saturated rings. The first-order chi connectivity index (χ1) is 15.5. The number of fused-ring (bicyclic) bond motifs is 1. The van der Waals surface area contributed by atoms with E-state index in [9.17, 15) is 10.1 Å². The third-order valence-electron chi connectivity index (χ3n) is 5.31. The first kappa shape index (κ1) is 21.2. The first-order valence-corrected chi connectivity index (χ1v) is 10.6. The van der Waals surface area contributed by atoms with Gasteiger partial charge in [-0.25, -0.2) is 14.8 Å². The fourth-order valence-corrected chi connectivity index (χ4v) is 3.77. The van der Waals surface area contributed by atoms with Crippen molar-refractivity contribution in [1.82, 2.24) is 19.6 Å². The van der Waals surface area contributed by atoms with Gasteiger partial charge in [-0.2, -0.15) is 9.78 Å². The van der Waals surface area contributed by atoms with Crippen LogP contribution in [-0.4, -0.2) is 32.2 Å². The molecule has 160 valence electrons. The van der Waals surface area contributed by atoms with E-state index < -0.39 is 5.97 Å². The van der Waals surface area contributed by atoms with Gasteiger partial charge in [0.25, 0.3) is 5.82 Å². The van der Waals surface area contributed by atoms with Crippen LogP contribution in [0.2, 0.25) is 0 Å². The molecule has 0 atom stereocenters. The van der Waals surface area contributed by atoms with Crippen LogP contribution in [0.1, 0.15) is 52.7 Å². The minimum Gasteiger partial charge on any atom is -0.460 e. The van der Waals surface area contributed by atoms with Crippen LogP contribution >= 0.6 is 0 Å². The molecule has 0 aliphatic heterocycles. The lowest BCUT2D eigenvalue weighted by Crippen LogP contribution is -2.08. The second-order valence-electron chi connectivity index (χ2n) is 7.36. The van der Waals surface area contributed by atoms with Crippen LogP contribution in [0.5, 0.6) is 0 Å². The lowest BCUT2D eigenvalue weighted by atomic mass is 9.97.